The van der Waals surface area contributed by atoms with Crippen LogP contribution in [0.4, 0.5) is 0 Å². The Kier molecular flexibility index (Phi) is 3.70. The van der Waals surface area contributed by atoms with Gasteiger partial charge >= 0.3 is 0 Å². The van der Waals surface area contributed by atoms with Crippen molar-refractivity contribution in [2.24, 2.45) is 0 Å². The molecule has 0 spiro atoms. The van der Waals surface area contributed by atoms with Gasteiger partial charge in [-0.15, -0.1) is 12.1 Å². The van der Waals surface area contributed by atoms with E-state index in [2.05, 4.69) is 12.1 Å². The average molecular weight is 231 g/mol. The van der Waals surface area contributed by atoms with Crippen molar-refractivity contribution in [2.45, 2.75) is 0 Å². The molecule has 0 saturated heterocycles. The predicted octanol–water partition coefficient (Wildman–Crippen LogP) is 2.54. The predicted molar refractivity (Wildman–Crippen MR) is 41.8 cm³/mol. The van der Waals surface area contributed by atoms with Crippen LogP contribution in [0.1, 0.15) is 0 Å². The van der Waals surface area contributed by atoms with E-state index in [1.54, 1.807) is 12.3 Å². The van der Waals surface area contributed by atoms with E-state index in [-0.39, 0.29) is 32.7 Å². The first-order valence-corrected chi connectivity index (χ1v) is 3.39. The Hall–Kier alpha value is -0.396. The standard InChI is InChI=1S/C10H6O.Y/c1-2-5-9(6-3-1)10-7-4-8-11-10;/h1-5,8H;/q-2;. The minimum absolute atomic E-state index is 0. The van der Waals surface area contributed by atoms with E-state index < -0.39 is 0 Å². The van der Waals surface area contributed by atoms with Crippen LogP contribution in [0.5, 0.6) is 0 Å². The van der Waals surface area contributed by atoms with Crippen LogP contribution in [0.25, 0.3) is 11.3 Å². The van der Waals surface area contributed by atoms with Gasteiger partial charge in [-0.2, -0.15) is 24.3 Å². The molecule has 2 heteroatoms. The van der Waals surface area contributed by atoms with Crippen LogP contribution < -0.4 is 0 Å². The Morgan fingerprint density at radius 2 is 2.00 bits per heavy atom. The second-order valence-corrected chi connectivity index (χ2v) is 2.17. The van der Waals surface area contributed by atoms with Crippen LogP contribution in [0, 0.1) is 12.1 Å². The monoisotopic (exact) mass is 231 g/mol. The normalized spacial score (nSPS) is 9.00. The molecule has 0 amide bonds. The van der Waals surface area contributed by atoms with Gasteiger partial charge in [0.25, 0.3) is 0 Å². The van der Waals surface area contributed by atoms with Crippen LogP contribution in [0.15, 0.2) is 41.0 Å². The summed E-state index contributed by atoms with van der Waals surface area (Å²) in [4.78, 5) is 0. The Bertz CT molecular complexity index is 313. The molecule has 0 atom stereocenters. The number of hydrogen-bond donors (Lipinski definition) is 0. The van der Waals surface area contributed by atoms with Gasteiger partial charge in [-0.3, -0.25) is 0 Å². The molecule has 0 aliphatic rings. The third kappa shape index (κ3) is 2.05. The first-order valence-electron chi connectivity index (χ1n) is 3.39. The second kappa shape index (κ2) is 4.59. The summed E-state index contributed by atoms with van der Waals surface area (Å²) in [5, 5.41) is 0. The summed E-state index contributed by atoms with van der Waals surface area (Å²) in [6, 6.07) is 15.4. The van der Waals surface area contributed by atoms with Crippen molar-refractivity contribution in [3.63, 3.8) is 0 Å². The van der Waals surface area contributed by atoms with Crippen molar-refractivity contribution in [1.29, 1.82) is 0 Å². The molecule has 1 aromatic carbocycles. The Labute approximate surface area is 96.7 Å². The number of benzene rings is 1. The Morgan fingerprint density at radius 3 is 2.58 bits per heavy atom. The van der Waals surface area contributed by atoms with Gasteiger partial charge < -0.3 is 4.42 Å². The SMILES string of the molecule is [Y].[c-]1ccccc1-c1[c-]cco1. The van der Waals surface area contributed by atoms with E-state index in [1.165, 1.54) is 0 Å². The van der Waals surface area contributed by atoms with Crippen molar-refractivity contribution in [3.8, 4) is 11.3 Å². The fraction of sp³-hybridized carbons (Fsp3) is 0. The summed E-state index contributed by atoms with van der Waals surface area (Å²) in [5.41, 5.74) is 0.942. The molecule has 0 fully saturated rings. The van der Waals surface area contributed by atoms with Crippen molar-refractivity contribution >= 4 is 0 Å². The maximum absolute atomic E-state index is 5.13. The molecular weight excluding hydrogens is 225 g/mol. The van der Waals surface area contributed by atoms with Crippen molar-refractivity contribution < 1.29 is 37.1 Å². The Balaban J connectivity index is 0.000000720. The molecule has 1 heterocycles. The van der Waals surface area contributed by atoms with Crippen LogP contribution in [-0.2, 0) is 32.7 Å². The van der Waals surface area contributed by atoms with Gasteiger partial charge in [-0.1, -0.05) is 5.76 Å². The third-order valence-corrected chi connectivity index (χ3v) is 1.42. The third-order valence-electron chi connectivity index (χ3n) is 1.42. The number of rotatable bonds is 1. The van der Waals surface area contributed by atoms with Gasteiger partial charge in [0, 0.05) is 32.7 Å². The van der Waals surface area contributed by atoms with Crippen LogP contribution in [0.3, 0.4) is 0 Å². The van der Waals surface area contributed by atoms with E-state index in [0.717, 1.165) is 11.3 Å². The topological polar surface area (TPSA) is 13.1 Å². The first-order chi connectivity index (χ1) is 5.47. The maximum atomic E-state index is 5.13. The molecule has 2 aromatic rings. The minimum atomic E-state index is 0. The molecule has 1 nitrogen and oxygen atoms in total. The van der Waals surface area contributed by atoms with E-state index in [1.807, 2.05) is 24.3 Å². The fourth-order valence-corrected chi connectivity index (χ4v) is 0.922. The average Bonchev–Trinajstić information content (AvgIpc) is 2.58. The molecule has 0 aliphatic carbocycles. The van der Waals surface area contributed by atoms with Gasteiger partial charge in [-0.25, -0.2) is 11.6 Å². The maximum Gasteiger partial charge on any atom is 0 e. The van der Waals surface area contributed by atoms with Crippen molar-refractivity contribution in [1.82, 2.24) is 0 Å². The molecule has 0 saturated carbocycles. The van der Waals surface area contributed by atoms with Crippen LogP contribution in [0.2, 0.25) is 0 Å². The summed E-state index contributed by atoms with van der Waals surface area (Å²) < 4.78 is 5.13. The van der Waals surface area contributed by atoms with E-state index in [0.29, 0.717) is 0 Å². The summed E-state index contributed by atoms with van der Waals surface area (Å²) in [6.07, 6.45) is 1.61. The summed E-state index contributed by atoms with van der Waals surface area (Å²) in [5.74, 6) is 0.741. The summed E-state index contributed by atoms with van der Waals surface area (Å²) in [6.45, 7) is 0. The number of furan rings is 1. The molecule has 2 rings (SSSR count). The summed E-state index contributed by atoms with van der Waals surface area (Å²) >= 11 is 0. The van der Waals surface area contributed by atoms with Gasteiger partial charge in [0.05, 0.1) is 0 Å². The fourth-order valence-electron chi connectivity index (χ4n) is 0.922. The van der Waals surface area contributed by atoms with Crippen LogP contribution >= 0.6 is 0 Å². The largest absolute Gasteiger partial charge is 0.590 e. The van der Waals surface area contributed by atoms with Gasteiger partial charge in [-0.05, 0) is 6.26 Å². The Morgan fingerprint density at radius 1 is 1.08 bits per heavy atom. The minimum Gasteiger partial charge on any atom is -0.590 e. The molecule has 12 heavy (non-hydrogen) atoms. The van der Waals surface area contributed by atoms with E-state index >= 15 is 0 Å². The molecule has 57 valence electrons. The summed E-state index contributed by atoms with van der Waals surface area (Å²) in [7, 11) is 0. The molecule has 0 bridgehead atoms. The van der Waals surface area contributed by atoms with Gasteiger partial charge in [0.15, 0.2) is 0 Å². The zero-order valence-electron chi connectivity index (χ0n) is 6.45. The smallest absolute Gasteiger partial charge is 0 e. The van der Waals surface area contributed by atoms with Crippen molar-refractivity contribution in [3.05, 3.63) is 48.7 Å². The zero-order chi connectivity index (χ0) is 7.52. The second-order valence-electron chi connectivity index (χ2n) is 2.17. The first kappa shape index (κ1) is 9.69. The van der Waals surface area contributed by atoms with Crippen LogP contribution in [-0.4, -0.2) is 0 Å². The van der Waals surface area contributed by atoms with E-state index in [9.17, 15) is 0 Å². The molecular formula is C10H6OY-2. The van der Waals surface area contributed by atoms with E-state index in [4.69, 9.17) is 4.42 Å². The van der Waals surface area contributed by atoms with Crippen molar-refractivity contribution in [2.75, 3.05) is 0 Å². The molecule has 1 radical (unpaired) electrons. The van der Waals surface area contributed by atoms with Gasteiger partial charge in [0.1, 0.15) is 0 Å². The molecule has 0 aliphatic heterocycles. The molecule has 1 aromatic heterocycles. The molecule has 0 unspecified atom stereocenters. The van der Waals surface area contributed by atoms with Gasteiger partial charge in [0.2, 0.25) is 0 Å². The molecule has 0 N–H and O–H groups in total. The number of hydrogen-bond acceptors (Lipinski definition) is 1. The zero-order valence-corrected chi connectivity index (χ0v) is 9.29. The quantitative estimate of drug-likeness (QED) is 0.687.